The third kappa shape index (κ3) is 1.69. The predicted molar refractivity (Wildman–Crippen MR) is 67.7 cm³/mol. The number of β-amino-alcohol motifs (C(OH)–C–C–N with tert-alkyl or cyclic N) is 1. The lowest BCUT2D eigenvalue weighted by atomic mass is 9.87. The molecule has 0 saturated carbocycles. The van der Waals surface area contributed by atoms with Crippen LogP contribution < -0.4 is 5.32 Å². The summed E-state index contributed by atoms with van der Waals surface area (Å²) in [6, 6.07) is 8.95. The maximum absolute atomic E-state index is 10.9. The molecule has 3 rings (SSSR count). The number of likely N-dealkylation sites (N-methyl/N-ethyl adjacent to an activating group) is 1. The molecule has 0 bridgehead atoms. The van der Waals surface area contributed by atoms with E-state index in [1.54, 1.807) is 0 Å². The number of benzene rings is 1. The molecule has 3 atom stereocenters. The molecular formula is C14H20N2O. The van der Waals surface area contributed by atoms with E-state index in [4.69, 9.17) is 0 Å². The Labute approximate surface area is 102 Å². The van der Waals surface area contributed by atoms with Gasteiger partial charge in [-0.15, -0.1) is 0 Å². The molecule has 2 heterocycles. The number of likely N-dealkylation sites (tertiary alicyclic amines) is 1. The van der Waals surface area contributed by atoms with Crippen molar-refractivity contribution < 1.29 is 5.11 Å². The molecule has 2 aliphatic rings. The molecule has 0 aromatic heterocycles. The van der Waals surface area contributed by atoms with Gasteiger partial charge in [-0.25, -0.2) is 0 Å². The van der Waals surface area contributed by atoms with Crippen LogP contribution >= 0.6 is 0 Å². The molecule has 1 saturated heterocycles. The summed E-state index contributed by atoms with van der Waals surface area (Å²) in [7, 11) is 2.09. The van der Waals surface area contributed by atoms with Crippen LogP contribution in [0.25, 0.3) is 0 Å². The Balaban J connectivity index is 1.92. The summed E-state index contributed by atoms with van der Waals surface area (Å²) in [5.74, 6) is 0. The molecule has 0 radical (unpaired) electrons. The first-order valence-electron chi connectivity index (χ1n) is 6.34. The molecule has 1 aromatic carbocycles. The highest BCUT2D eigenvalue weighted by atomic mass is 16.3. The lowest BCUT2D eigenvalue weighted by Crippen LogP contribution is -2.43. The van der Waals surface area contributed by atoms with Gasteiger partial charge in [-0.1, -0.05) is 24.3 Å². The van der Waals surface area contributed by atoms with Gasteiger partial charge in [0, 0.05) is 19.1 Å². The third-order valence-corrected chi connectivity index (χ3v) is 4.32. The molecule has 3 nitrogen and oxygen atoms in total. The lowest BCUT2D eigenvalue weighted by molar-refractivity contribution is 0.0147. The van der Waals surface area contributed by atoms with Crippen molar-refractivity contribution in [3.8, 4) is 0 Å². The second kappa shape index (κ2) is 3.80. The van der Waals surface area contributed by atoms with Crippen LogP contribution in [0.5, 0.6) is 0 Å². The zero-order chi connectivity index (χ0) is 12.0. The van der Waals surface area contributed by atoms with E-state index in [9.17, 15) is 5.11 Å². The minimum atomic E-state index is -0.624. The summed E-state index contributed by atoms with van der Waals surface area (Å²) in [4.78, 5) is 2.24. The average molecular weight is 232 g/mol. The second-order valence-corrected chi connectivity index (χ2v) is 5.58. The van der Waals surface area contributed by atoms with Gasteiger partial charge in [-0.2, -0.15) is 0 Å². The molecule has 0 amide bonds. The van der Waals surface area contributed by atoms with Gasteiger partial charge >= 0.3 is 0 Å². The van der Waals surface area contributed by atoms with Crippen LogP contribution in [0.2, 0.25) is 0 Å². The van der Waals surface area contributed by atoms with Crippen molar-refractivity contribution in [3.63, 3.8) is 0 Å². The Morgan fingerprint density at radius 1 is 1.41 bits per heavy atom. The summed E-state index contributed by atoms with van der Waals surface area (Å²) in [5, 5.41) is 14.3. The summed E-state index contributed by atoms with van der Waals surface area (Å²) >= 11 is 0. The van der Waals surface area contributed by atoms with Gasteiger partial charge in [0.15, 0.2) is 0 Å². The smallest absolute Gasteiger partial charge is 0.0982 e. The first-order chi connectivity index (χ1) is 8.10. The Morgan fingerprint density at radius 3 is 2.88 bits per heavy atom. The molecule has 3 unspecified atom stereocenters. The SMILES string of the molecule is CC1CC(O)(C2NCc3ccccc32)CN1C. The van der Waals surface area contributed by atoms with E-state index < -0.39 is 5.60 Å². The van der Waals surface area contributed by atoms with Crippen molar-refractivity contribution in [2.24, 2.45) is 0 Å². The van der Waals surface area contributed by atoms with Crippen LogP contribution in [0.1, 0.15) is 30.5 Å². The Kier molecular flexibility index (Phi) is 2.51. The normalized spacial score (nSPS) is 37.4. The lowest BCUT2D eigenvalue weighted by Gasteiger charge is -2.30. The van der Waals surface area contributed by atoms with E-state index in [1.165, 1.54) is 11.1 Å². The molecule has 1 fully saturated rings. The molecular weight excluding hydrogens is 212 g/mol. The van der Waals surface area contributed by atoms with E-state index in [-0.39, 0.29) is 6.04 Å². The van der Waals surface area contributed by atoms with Gasteiger partial charge in [0.1, 0.15) is 0 Å². The number of nitrogens with zero attached hydrogens (tertiary/aromatic N) is 1. The zero-order valence-corrected chi connectivity index (χ0v) is 10.5. The summed E-state index contributed by atoms with van der Waals surface area (Å²) < 4.78 is 0. The molecule has 1 aromatic rings. The molecule has 0 spiro atoms. The zero-order valence-electron chi connectivity index (χ0n) is 10.5. The topological polar surface area (TPSA) is 35.5 Å². The first-order valence-corrected chi connectivity index (χ1v) is 6.34. The molecule has 92 valence electrons. The third-order valence-electron chi connectivity index (χ3n) is 4.32. The van der Waals surface area contributed by atoms with Crippen molar-refractivity contribution in [2.45, 2.75) is 37.6 Å². The van der Waals surface area contributed by atoms with Gasteiger partial charge in [-0.3, -0.25) is 0 Å². The summed E-state index contributed by atoms with van der Waals surface area (Å²) in [6.45, 7) is 3.81. The van der Waals surface area contributed by atoms with Crippen molar-refractivity contribution in [2.75, 3.05) is 13.6 Å². The second-order valence-electron chi connectivity index (χ2n) is 5.58. The number of rotatable bonds is 1. The fourth-order valence-electron chi connectivity index (χ4n) is 3.31. The van der Waals surface area contributed by atoms with Crippen molar-refractivity contribution in [1.29, 1.82) is 0 Å². The number of aliphatic hydroxyl groups is 1. The van der Waals surface area contributed by atoms with E-state index in [0.717, 1.165) is 19.5 Å². The van der Waals surface area contributed by atoms with Gasteiger partial charge in [0.25, 0.3) is 0 Å². The van der Waals surface area contributed by atoms with Crippen LogP contribution in [0.3, 0.4) is 0 Å². The van der Waals surface area contributed by atoms with Gasteiger partial charge in [-0.05, 0) is 31.5 Å². The first kappa shape index (κ1) is 11.2. The molecule has 0 aliphatic carbocycles. The minimum Gasteiger partial charge on any atom is -0.386 e. The Bertz CT molecular complexity index is 422. The fourth-order valence-corrected chi connectivity index (χ4v) is 3.31. The van der Waals surface area contributed by atoms with Gasteiger partial charge in [0.05, 0.1) is 11.6 Å². The van der Waals surface area contributed by atoms with Crippen LogP contribution in [0, 0.1) is 0 Å². The molecule has 2 aliphatic heterocycles. The number of hydrogen-bond donors (Lipinski definition) is 2. The van der Waals surface area contributed by atoms with Crippen LogP contribution in [0.15, 0.2) is 24.3 Å². The van der Waals surface area contributed by atoms with Crippen LogP contribution in [0.4, 0.5) is 0 Å². The molecule has 17 heavy (non-hydrogen) atoms. The summed E-state index contributed by atoms with van der Waals surface area (Å²) in [6.07, 6.45) is 0.843. The van der Waals surface area contributed by atoms with Crippen molar-refractivity contribution >= 4 is 0 Å². The predicted octanol–water partition coefficient (Wildman–Crippen LogP) is 1.29. The van der Waals surface area contributed by atoms with Gasteiger partial charge < -0.3 is 15.3 Å². The monoisotopic (exact) mass is 232 g/mol. The standard InChI is InChI=1S/C14H20N2O/c1-10-7-14(17,9-16(10)2)13-12-6-4-3-5-11(12)8-15-13/h3-6,10,13,15,17H,7-9H2,1-2H3. The number of hydrogen-bond acceptors (Lipinski definition) is 3. The van der Waals surface area contributed by atoms with Crippen molar-refractivity contribution in [3.05, 3.63) is 35.4 Å². The quantitative estimate of drug-likeness (QED) is 0.766. The highest BCUT2D eigenvalue weighted by Gasteiger charge is 2.47. The highest BCUT2D eigenvalue weighted by Crippen LogP contribution is 2.40. The van der Waals surface area contributed by atoms with E-state index >= 15 is 0 Å². The van der Waals surface area contributed by atoms with E-state index in [0.29, 0.717) is 6.04 Å². The largest absolute Gasteiger partial charge is 0.386 e. The average Bonchev–Trinajstić information content (AvgIpc) is 2.82. The Hall–Kier alpha value is -0.900. The van der Waals surface area contributed by atoms with E-state index in [1.807, 2.05) is 0 Å². The highest BCUT2D eigenvalue weighted by molar-refractivity contribution is 5.36. The maximum atomic E-state index is 10.9. The van der Waals surface area contributed by atoms with Crippen LogP contribution in [-0.2, 0) is 6.54 Å². The summed E-state index contributed by atoms with van der Waals surface area (Å²) in [5.41, 5.74) is 1.98. The fraction of sp³-hybridized carbons (Fsp3) is 0.571. The molecule has 2 N–H and O–H groups in total. The minimum absolute atomic E-state index is 0.0890. The number of fused-ring (bicyclic) bond motifs is 1. The van der Waals surface area contributed by atoms with Crippen LogP contribution in [-0.4, -0.2) is 35.2 Å². The van der Waals surface area contributed by atoms with Crippen molar-refractivity contribution in [1.82, 2.24) is 10.2 Å². The van der Waals surface area contributed by atoms with E-state index in [2.05, 4.69) is 48.5 Å². The van der Waals surface area contributed by atoms with Gasteiger partial charge in [0.2, 0.25) is 0 Å². The molecule has 3 heteroatoms. The maximum Gasteiger partial charge on any atom is 0.0982 e. The number of nitrogens with one attached hydrogen (secondary N) is 1. The Morgan fingerprint density at radius 2 is 2.18 bits per heavy atom.